The van der Waals surface area contributed by atoms with Gasteiger partial charge in [-0.3, -0.25) is 9.59 Å². The number of carbonyl (C=O) groups is 2. The van der Waals surface area contributed by atoms with Crippen LogP contribution in [0.15, 0.2) is 71.2 Å². The van der Waals surface area contributed by atoms with E-state index in [2.05, 4.69) is 21.2 Å². The Morgan fingerprint density at radius 3 is 2.44 bits per heavy atom. The number of hydrogen-bond acceptors (Lipinski definition) is 5. The van der Waals surface area contributed by atoms with E-state index < -0.39 is 17.3 Å². The highest BCUT2D eigenvalue weighted by molar-refractivity contribution is 9.10. The van der Waals surface area contributed by atoms with Crippen molar-refractivity contribution in [3.63, 3.8) is 0 Å². The lowest BCUT2D eigenvalue weighted by Crippen LogP contribution is -2.45. The van der Waals surface area contributed by atoms with Crippen LogP contribution in [0.5, 0.6) is 11.5 Å². The highest BCUT2D eigenvalue weighted by Gasteiger charge is 2.57. The fraction of sp³-hybridized carbons (Fsp3) is 0.200. The summed E-state index contributed by atoms with van der Waals surface area (Å²) < 4.78 is 17.4. The molecule has 7 heteroatoms. The van der Waals surface area contributed by atoms with Crippen molar-refractivity contribution < 1.29 is 23.8 Å². The number of fused-ring (bicyclic) bond motifs is 1. The maximum Gasteiger partial charge on any atom is 0.331 e. The molecule has 1 aliphatic rings. The molecule has 0 aliphatic carbocycles. The van der Waals surface area contributed by atoms with Crippen molar-refractivity contribution in [2.45, 2.75) is 18.9 Å². The summed E-state index contributed by atoms with van der Waals surface area (Å²) in [7, 11) is 1.61. The quantitative estimate of drug-likeness (QED) is 0.375. The number of anilines is 1. The summed E-state index contributed by atoms with van der Waals surface area (Å²) in [5, 5.41) is 2.85. The molecule has 1 N–H and O–H groups in total. The number of nitrogens with one attached hydrogen (secondary N) is 1. The number of amides is 1. The van der Waals surface area contributed by atoms with Gasteiger partial charge in [0.15, 0.2) is 0 Å². The van der Waals surface area contributed by atoms with Gasteiger partial charge in [0.25, 0.3) is 5.91 Å². The molecular weight excluding hydrogens is 474 g/mol. The molecule has 32 heavy (non-hydrogen) atoms. The summed E-state index contributed by atoms with van der Waals surface area (Å²) >= 11 is 3.47. The van der Waals surface area contributed by atoms with Crippen LogP contribution in [0.1, 0.15) is 23.6 Å². The highest BCUT2D eigenvalue weighted by atomic mass is 79.9. The van der Waals surface area contributed by atoms with Gasteiger partial charge in [0, 0.05) is 15.6 Å². The molecule has 164 valence electrons. The number of rotatable bonds is 7. The zero-order valence-corrected chi connectivity index (χ0v) is 19.3. The topological polar surface area (TPSA) is 73.9 Å². The average molecular weight is 496 g/mol. The van der Waals surface area contributed by atoms with Crippen LogP contribution in [-0.2, 0) is 26.3 Å². The number of para-hydroxylation sites is 2. The third-order valence-electron chi connectivity index (χ3n) is 5.42. The SMILES string of the molecule is CCOC(=O)C1(c2ccccc2OCc2ccc(OC)cc2)C(=O)Nc2c(Br)cccc21. The Morgan fingerprint density at radius 2 is 1.72 bits per heavy atom. The zero-order valence-electron chi connectivity index (χ0n) is 17.7. The van der Waals surface area contributed by atoms with Crippen LogP contribution in [-0.4, -0.2) is 25.6 Å². The molecule has 1 amide bonds. The predicted molar refractivity (Wildman–Crippen MR) is 124 cm³/mol. The first-order valence-electron chi connectivity index (χ1n) is 10.1. The molecule has 6 nitrogen and oxygen atoms in total. The first-order valence-corrected chi connectivity index (χ1v) is 10.9. The molecule has 4 rings (SSSR count). The van der Waals surface area contributed by atoms with Gasteiger partial charge < -0.3 is 19.5 Å². The Balaban J connectivity index is 1.80. The van der Waals surface area contributed by atoms with Gasteiger partial charge in [0.05, 0.1) is 19.4 Å². The van der Waals surface area contributed by atoms with Gasteiger partial charge in [0.2, 0.25) is 5.41 Å². The molecular formula is C25H22BrNO5. The summed E-state index contributed by atoms with van der Waals surface area (Å²) in [5.41, 5.74) is 0.753. The molecule has 0 aromatic heterocycles. The molecule has 1 unspecified atom stereocenters. The number of halogens is 1. The normalized spacial score (nSPS) is 16.8. The van der Waals surface area contributed by atoms with Crippen LogP contribution in [0.2, 0.25) is 0 Å². The van der Waals surface area contributed by atoms with Gasteiger partial charge in [-0.2, -0.15) is 0 Å². The summed E-state index contributed by atoms with van der Waals surface area (Å²) in [6, 6.07) is 19.9. The first-order chi connectivity index (χ1) is 15.5. The van der Waals surface area contributed by atoms with Crippen LogP contribution in [0, 0.1) is 0 Å². The molecule has 3 aromatic rings. The monoisotopic (exact) mass is 495 g/mol. The second-order valence-corrected chi connectivity index (χ2v) is 8.07. The fourth-order valence-electron chi connectivity index (χ4n) is 3.90. The minimum absolute atomic E-state index is 0.145. The van der Waals surface area contributed by atoms with E-state index in [4.69, 9.17) is 14.2 Å². The summed E-state index contributed by atoms with van der Waals surface area (Å²) in [4.78, 5) is 26.8. The van der Waals surface area contributed by atoms with E-state index in [1.807, 2.05) is 30.3 Å². The molecule has 0 radical (unpaired) electrons. The lowest BCUT2D eigenvalue weighted by atomic mass is 9.75. The van der Waals surface area contributed by atoms with Crippen molar-refractivity contribution in [1.82, 2.24) is 0 Å². The molecule has 1 aliphatic heterocycles. The van der Waals surface area contributed by atoms with Crippen molar-refractivity contribution in [3.8, 4) is 11.5 Å². The standard InChI is InChI=1S/C25H22BrNO5/c1-3-31-24(29)25(19-8-6-9-20(26)22(19)27-23(25)28)18-7-4-5-10-21(18)32-15-16-11-13-17(30-2)14-12-16/h4-14H,3,15H2,1-2H3,(H,27,28). The molecule has 1 heterocycles. The fourth-order valence-corrected chi connectivity index (χ4v) is 4.36. The molecule has 0 saturated carbocycles. The smallest absolute Gasteiger partial charge is 0.331 e. The maximum absolute atomic E-state index is 13.4. The van der Waals surface area contributed by atoms with Crippen LogP contribution in [0.4, 0.5) is 5.69 Å². The number of benzene rings is 3. The van der Waals surface area contributed by atoms with Gasteiger partial charge in [0.1, 0.15) is 18.1 Å². The Morgan fingerprint density at radius 1 is 1.00 bits per heavy atom. The van der Waals surface area contributed by atoms with E-state index in [0.717, 1.165) is 11.3 Å². The van der Waals surface area contributed by atoms with E-state index in [0.29, 0.717) is 27.0 Å². The van der Waals surface area contributed by atoms with E-state index in [-0.39, 0.29) is 13.2 Å². The van der Waals surface area contributed by atoms with Gasteiger partial charge in [-0.15, -0.1) is 0 Å². The minimum atomic E-state index is -1.67. The third kappa shape index (κ3) is 3.62. The lowest BCUT2D eigenvalue weighted by Gasteiger charge is -2.27. The number of hydrogen-bond donors (Lipinski definition) is 1. The maximum atomic E-state index is 13.4. The van der Waals surface area contributed by atoms with Crippen LogP contribution in [0.3, 0.4) is 0 Å². The third-order valence-corrected chi connectivity index (χ3v) is 6.08. The number of ether oxygens (including phenoxy) is 3. The first kappa shape index (κ1) is 21.9. The molecule has 0 saturated heterocycles. The average Bonchev–Trinajstić information content (AvgIpc) is 3.12. The Bertz CT molecular complexity index is 1160. The highest BCUT2D eigenvalue weighted by Crippen LogP contribution is 2.49. The van der Waals surface area contributed by atoms with E-state index in [1.165, 1.54) is 0 Å². The molecule has 0 bridgehead atoms. The van der Waals surface area contributed by atoms with Gasteiger partial charge in [-0.05, 0) is 52.7 Å². The largest absolute Gasteiger partial charge is 0.497 e. The summed E-state index contributed by atoms with van der Waals surface area (Å²) in [5.74, 6) is 0.0627. The Kier molecular flexibility index (Phi) is 6.19. The van der Waals surface area contributed by atoms with Gasteiger partial charge in [-0.1, -0.05) is 42.5 Å². The molecule has 1 atom stereocenters. The van der Waals surface area contributed by atoms with E-state index >= 15 is 0 Å². The Hall–Kier alpha value is -3.32. The summed E-state index contributed by atoms with van der Waals surface area (Å²) in [6.45, 7) is 2.12. The second kappa shape index (κ2) is 9.04. The minimum Gasteiger partial charge on any atom is -0.497 e. The number of methoxy groups -OCH3 is 1. The van der Waals surface area contributed by atoms with Gasteiger partial charge >= 0.3 is 5.97 Å². The zero-order chi connectivity index (χ0) is 22.7. The van der Waals surface area contributed by atoms with Crippen molar-refractivity contribution >= 4 is 33.5 Å². The van der Waals surface area contributed by atoms with Crippen molar-refractivity contribution in [3.05, 3.63) is 87.9 Å². The van der Waals surface area contributed by atoms with Crippen molar-refractivity contribution in [2.24, 2.45) is 0 Å². The van der Waals surface area contributed by atoms with Gasteiger partial charge in [-0.25, -0.2) is 0 Å². The predicted octanol–water partition coefficient (Wildman–Crippen LogP) is 4.84. The Labute approximate surface area is 194 Å². The molecule has 3 aromatic carbocycles. The lowest BCUT2D eigenvalue weighted by molar-refractivity contribution is -0.151. The molecule has 0 spiro atoms. The molecule has 0 fully saturated rings. The number of carbonyl (C=O) groups excluding carboxylic acids is 2. The second-order valence-electron chi connectivity index (χ2n) is 7.22. The van der Waals surface area contributed by atoms with Crippen molar-refractivity contribution in [1.29, 1.82) is 0 Å². The van der Waals surface area contributed by atoms with Crippen LogP contribution < -0.4 is 14.8 Å². The number of esters is 1. The van der Waals surface area contributed by atoms with Crippen LogP contribution >= 0.6 is 15.9 Å². The van der Waals surface area contributed by atoms with Crippen LogP contribution in [0.25, 0.3) is 0 Å². The van der Waals surface area contributed by atoms with E-state index in [9.17, 15) is 9.59 Å². The van der Waals surface area contributed by atoms with E-state index in [1.54, 1.807) is 50.4 Å². The summed E-state index contributed by atoms with van der Waals surface area (Å²) in [6.07, 6.45) is 0. The van der Waals surface area contributed by atoms with Crippen molar-refractivity contribution in [2.75, 3.05) is 19.0 Å².